The van der Waals surface area contributed by atoms with Crippen molar-refractivity contribution in [3.63, 3.8) is 0 Å². The van der Waals surface area contributed by atoms with Crippen molar-refractivity contribution in [1.82, 2.24) is 4.40 Å². The monoisotopic (exact) mass is 394 g/mol. The summed E-state index contributed by atoms with van der Waals surface area (Å²) in [6.07, 6.45) is 1.83. The summed E-state index contributed by atoms with van der Waals surface area (Å²) in [4.78, 5) is 11.1. The third kappa shape index (κ3) is 3.25. The van der Waals surface area contributed by atoms with Crippen LogP contribution in [0.15, 0.2) is 79.0 Å². The molecule has 0 saturated carbocycles. The van der Waals surface area contributed by atoms with Gasteiger partial charge in [-0.25, -0.2) is 4.39 Å². The molecule has 0 radical (unpaired) electrons. The Kier molecular flexibility index (Phi) is 4.84. The van der Waals surface area contributed by atoms with E-state index >= 15 is 0 Å². The first-order chi connectivity index (χ1) is 13.6. The molecule has 28 heavy (non-hydrogen) atoms. The van der Waals surface area contributed by atoms with Crippen LogP contribution < -0.4 is 0 Å². The van der Waals surface area contributed by atoms with Crippen molar-refractivity contribution in [3.05, 3.63) is 111 Å². The highest BCUT2D eigenvalue weighted by atomic mass is 35.5. The van der Waals surface area contributed by atoms with Gasteiger partial charge >= 0.3 is 0 Å². The second-order valence-corrected chi connectivity index (χ2v) is 6.92. The first-order valence-corrected chi connectivity index (χ1v) is 9.15. The molecule has 1 atom stereocenters. The van der Waals surface area contributed by atoms with E-state index in [1.807, 2.05) is 65.2 Å². The molecule has 0 aliphatic carbocycles. The smallest absolute Gasteiger partial charge is 0.216 e. The van der Waals surface area contributed by atoms with E-state index in [4.69, 9.17) is 11.6 Å². The van der Waals surface area contributed by atoms with Gasteiger partial charge in [0, 0.05) is 38.5 Å². The quantitative estimate of drug-likeness (QED) is 0.317. The van der Waals surface area contributed by atoms with Crippen molar-refractivity contribution >= 4 is 17.1 Å². The zero-order chi connectivity index (χ0) is 19.7. The fourth-order valence-corrected chi connectivity index (χ4v) is 3.95. The van der Waals surface area contributed by atoms with Crippen LogP contribution in [0.1, 0.15) is 17.2 Å². The van der Waals surface area contributed by atoms with Crippen LogP contribution in [0, 0.1) is 15.9 Å². The Morgan fingerprint density at radius 1 is 1.04 bits per heavy atom. The van der Waals surface area contributed by atoms with E-state index in [9.17, 15) is 14.5 Å². The number of hydrogen-bond donors (Lipinski definition) is 0. The summed E-state index contributed by atoms with van der Waals surface area (Å²) in [6.45, 7) is -0.471. The highest BCUT2D eigenvalue weighted by molar-refractivity contribution is 6.31. The van der Waals surface area contributed by atoms with E-state index in [1.165, 1.54) is 12.1 Å². The van der Waals surface area contributed by atoms with Gasteiger partial charge in [-0.3, -0.25) is 10.1 Å². The van der Waals surface area contributed by atoms with Crippen molar-refractivity contribution in [2.45, 2.75) is 5.92 Å². The third-order valence-corrected chi connectivity index (χ3v) is 5.14. The molecule has 0 bridgehead atoms. The minimum Gasteiger partial charge on any atom is -0.319 e. The number of nitro groups is 1. The summed E-state index contributed by atoms with van der Waals surface area (Å²) in [5, 5.41) is 11.7. The van der Waals surface area contributed by atoms with Crippen LogP contribution in [-0.4, -0.2) is 15.9 Å². The molecule has 4 aromatic rings. The molecule has 2 aromatic carbocycles. The van der Waals surface area contributed by atoms with Crippen LogP contribution in [0.2, 0.25) is 5.02 Å². The van der Waals surface area contributed by atoms with Gasteiger partial charge in [0.25, 0.3) is 0 Å². The minimum absolute atomic E-state index is 0.141. The highest BCUT2D eigenvalue weighted by Crippen LogP contribution is 2.39. The summed E-state index contributed by atoms with van der Waals surface area (Å²) in [7, 11) is 0. The molecule has 1 unspecified atom stereocenters. The van der Waals surface area contributed by atoms with E-state index < -0.39 is 23.2 Å². The van der Waals surface area contributed by atoms with E-state index in [-0.39, 0.29) is 10.6 Å². The van der Waals surface area contributed by atoms with Crippen molar-refractivity contribution in [1.29, 1.82) is 0 Å². The van der Waals surface area contributed by atoms with Gasteiger partial charge in [-0.2, -0.15) is 0 Å². The summed E-state index contributed by atoms with van der Waals surface area (Å²) < 4.78 is 16.6. The van der Waals surface area contributed by atoms with Gasteiger partial charge in [-0.15, -0.1) is 0 Å². The first-order valence-electron chi connectivity index (χ1n) is 8.77. The molecule has 0 fully saturated rings. The molecule has 0 saturated heterocycles. The second kappa shape index (κ2) is 7.44. The lowest BCUT2D eigenvalue weighted by atomic mass is 9.90. The van der Waals surface area contributed by atoms with Crippen LogP contribution in [-0.2, 0) is 0 Å². The maximum atomic E-state index is 14.8. The summed E-state index contributed by atoms with van der Waals surface area (Å²) in [6, 6.07) is 21.5. The van der Waals surface area contributed by atoms with Crippen LogP contribution in [0.5, 0.6) is 0 Å². The Morgan fingerprint density at radius 3 is 2.50 bits per heavy atom. The number of rotatable bonds is 5. The molecule has 0 spiro atoms. The second-order valence-electron chi connectivity index (χ2n) is 6.51. The molecule has 0 N–H and O–H groups in total. The van der Waals surface area contributed by atoms with Crippen molar-refractivity contribution < 1.29 is 9.31 Å². The summed E-state index contributed by atoms with van der Waals surface area (Å²) in [5.74, 6) is -1.40. The minimum atomic E-state index is -0.844. The third-order valence-electron chi connectivity index (χ3n) is 4.81. The molecule has 0 amide bonds. The number of benzene rings is 2. The van der Waals surface area contributed by atoms with E-state index in [0.29, 0.717) is 5.69 Å². The summed E-state index contributed by atoms with van der Waals surface area (Å²) >= 11 is 6.30. The fourth-order valence-electron chi connectivity index (χ4n) is 3.66. The maximum absolute atomic E-state index is 14.8. The molecule has 4 rings (SSSR count). The van der Waals surface area contributed by atoms with Crippen LogP contribution in [0.25, 0.3) is 16.6 Å². The van der Waals surface area contributed by atoms with Crippen LogP contribution in [0.3, 0.4) is 0 Å². The Balaban J connectivity index is 2.05. The van der Waals surface area contributed by atoms with Gasteiger partial charge < -0.3 is 4.40 Å². The largest absolute Gasteiger partial charge is 0.319 e. The Hall–Kier alpha value is -3.18. The lowest BCUT2D eigenvalue weighted by Crippen LogP contribution is -2.18. The molecule has 0 aliphatic rings. The molecule has 2 aromatic heterocycles. The average Bonchev–Trinajstić information content (AvgIpc) is 3.07. The van der Waals surface area contributed by atoms with Gasteiger partial charge in [0.05, 0.1) is 5.92 Å². The number of fused-ring (bicyclic) bond motifs is 1. The number of pyridine rings is 1. The molecule has 140 valence electrons. The Labute approximate surface area is 166 Å². The normalized spacial score (nSPS) is 12.2. The van der Waals surface area contributed by atoms with Crippen molar-refractivity contribution in [2.75, 3.05) is 6.54 Å². The molecular weight excluding hydrogens is 379 g/mol. The van der Waals surface area contributed by atoms with Crippen molar-refractivity contribution in [3.8, 4) is 11.1 Å². The van der Waals surface area contributed by atoms with E-state index in [1.54, 1.807) is 6.07 Å². The molecule has 2 heterocycles. The van der Waals surface area contributed by atoms with Gasteiger partial charge in [0.2, 0.25) is 6.54 Å². The first kappa shape index (κ1) is 18.2. The van der Waals surface area contributed by atoms with Gasteiger partial charge in [-0.05, 0) is 35.9 Å². The number of nitrogens with zero attached hydrogens (tertiary/aromatic N) is 2. The molecule has 6 heteroatoms. The predicted molar refractivity (Wildman–Crippen MR) is 108 cm³/mol. The molecular formula is C22H16ClFN2O2. The van der Waals surface area contributed by atoms with Gasteiger partial charge in [0.1, 0.15) is 5.82 Å². The SMILES string of the molecule is O=[N+]([O-])CC(c1c(F)cccc1Cl)c1c(-c2ccccc2)cc2ccccn12. The van der Waals surface area contributed by atoms with Crippen LogP contribution >= 0.6 is 11.6 Å². The average molecular weight is 395 g/mol. The van der Waals surface area contributed by atoms with Gasteiger partial charge in [0.15, 0.2) is 0 Å². The maximum Gasteiger partial charge on any atom is 0.216 e. The number of hydrogen-bond acceptors (Lipinski definition) is 2. The Morgan fingerprint density at radius 2 is 1.79 bits per heavy atom. The number of aromatic nitrogens is 1. The van der Waals surface area contributed by atoms with E-state index in [2.05, 4.69) is 0 Å². The zero-order valence-electron chi connectivity index (χ0n) is 14.8. The zero-order valence-corrected chi connectivity index (χ0v) is 15.5. The van der Waals surface area contributed by atoms with Crippen LogP contribution in [0.4, 0.5) is 4.39 Å². The van der Waals surface area contributed by atoms with E-state index in [0.717, 1.165) is 16.6 Å². The predicted octanol–water partition coefficient (Wildman–Crippen LogP) is 5.81. The molecule has 4 nitrogen and oxygen atoms in total. The highest BCUT2D eigenvalue weighted by Gasteiger charge is 2.31. The Bertz CT molecular complexity index is 1140. The van der Waals surface area contributed by atoms with Crippen molar-refractivity contribution in [2.24, 2.45) is 0 Å². The molecule has 0 aliphatic heterocycles. The summed E-state index contributed by atoms with van der Waals surface area (Å²) in [5.41, 5.74) is 3.38. The van der Waals surface area contributed by atoms with Gasteiger partial charge in [-0.1, -0.05) is 54.1 Å². The lowest BCUT2D eigenvalue weighted by molar-refractivity contribution is -0.482. The topological polar surface area (TPSA) is 47.5 Å². The lowest BCUT2D eigenvalue weighted by Gasteiger charge is -2.18. The standard InChI is InChI=1S/C22H16ClFN2O2/c23-19-10-6-11-20(24)21(19)18(14-26(27)28)22-17(15-7-2-1-3-8-15)13-16-9-4-5-12-25(16)22/h1-13,18H,14H2. The fraction of sp³-hybridized carbons (Fsp3) is 0.0909. The number of halogens is 2.